The third-order valence-corrected chi connectivity index (χ3v) is 8.18. The van der Waals surface area contributed by atoms with Gasteiger partial charge in [-0.1, -0.05) is 13.8 Å². The highest BCUT2D eigenvalue weighted by atomic mass is 19.3. The summed E-state index contributed by atoms with van der Waals surface area (Å²) in [5.74, 6) is -1.38. The van der Waals surface area contributed by atoms with Crippen LogP contribution in [0.2, 0.25) is 0 Å². The SMILES string of the molecule is CC(C)c1nn(C)cc1CNC1(c2nnnn2C2CCC(F)(F)CC2)CCC2(CC2)CC1. The van der Waals surface area contributed by atoms with Crippen LogP contribution in [0.4, 0.5) is 8.78 Å². The predicted molar refractivity (Wildman–Crippen MR) is 116 cm³/mol. The molecule has 5 rings (SSSR count). The lowest BCUT2D eigenvalue weighted by Crippen LogP contribution is -2.48. The van der Waals surface area contributed by atoms with Crippen molar-refractivity contribution in [2.24, 2.45) is 12.5 Å². The third kappa shape index (κ3) is 4.08. The Bertz CT molecular complexity index is 939. The molecule has 0 radical (unpaired) electrons. The summed E-state index contributed by atoms with van der Waals surface area (Å²) in [7, 11) is 1.96. The Morgan fingerprint density at radius 2 is 1.72 bits per heavy atom. The molecule has 3 aliphatic carbocycles. The van der Waals surface area contributed by atoms with Crippen molar-refractivity contribution >= 4 is 0 Å². The quantitative estimate of drug-likeness (QED) is 0.700. The van der Waals surface area contributed by atoms with Gasteiger partial charge in [0.1, 0.15) is 0 Å². The highest BCUT2D eigenvalue weighted by Gasteiger charge is 2.52. The van der Waals surface area contributed by atoms with Gasteiger partial charge in [0.25, 0.3) is 0 Å². The summed E-state index contributed by atoms with van der Waals surface area (Å²) in [5.41, 5.74) is 2.50. The average molecular weight is 448 g/mol. The Morgan fingerprint density at radius 3 is 2.34 bits per heavy atom. The molecule has 7 nitrogen and oxygen atoms in total. The van der Waals surface area contributed by atoms with E-state index in [-0.39, 0.29) is 24.4 Å². The number of alkyl halides is 2. The van der Waals surface area contributed by atoms with Gasteiger partial charge in [0, 0.05) is 38.2 Å². The summed E-state index contributed by atoms with van der Waals surface area (Å²) in [6.45, 7) is 5.03. The van der Waals surface area contributed by atoms with Crippen LogP contribution in [0.25, 0.3) is 0 Å². The Hall–Kier alpha value is -1.90. The first-order valence-corrected chi connectivity index (χ1v) is 12.1. The number of aromatic nitrogens is 6. The van der Waals surface area contributed by atoms with Gasteiger partial charge in [-0.2, -0.15) is 5.10 Å². The van der Waals surface area contributed by atoms with E-state index in [1.54, 1.807) is 0 Å². The fourth-order valence-electron chi connectivity index (χ4n) is 5.83. The molecule has 1 N–H and O–H groups in total. The van der Waals surface area contributed by atoms with Crippen LogP contribution in [0.1, 0.15) is 107 Å². The molecule has 3 saturated carbocycles. The van der Waals surface area contributed by atoms with Crippen LogP contribution in [0.5, 0.6) is 0 Å². The molecule has 9 heteroatoms. The van der Waals surface area contributed by atoms with Crippen molar-refractivity contribution in [2.75, 3.05) is 0 Å². The summed E-state index contributed by atoms with van der Waals surface area (Å²) in [5, 5.41) is 21.4. The fraction of sp³-hybridized carbons (Fsp3) is 0.826. The van der Waals surface area contributed by atoms with E-state index in [9.17, 15) is 8.78 Å². The van der Waals surface area contributed by atoms with Crippen molar-refractivity contribution in [1.29, 1.82) is 0 Å². The molecule has 0 saturated heterocycles. The molecule has 0 unspecified atom stereocenters. The van der Waals surface area contributed by atoms with Crippen LogP contribution < -0.4 is 5.32 Å². The first-order valence-electron chi connectivity index (χ1n) is 12.1. The largest absolute Gasteiger partial charge is 0.300 e. The molecule has 0 aliphatic heterocycles. The van der Waals surface area contributed by atoms with E-state index in [2.05, 4.69) is 46.0 Å². The van der Waals surface area contributed by atoms with Crippen LogP contribution in [-0.4, -0.2) is 35.9 Å². The molecule has 0 aromatic carbocycles. The van der Waals surface area contributed by atoms with Crippen LogP contribution in [0.15, 0.2) is 6.20 Å². The molecule has 32 heavy (non-hydrogen) atoms. The molecule has 2 heterocycles. The monoisotopic (exact) mass is 447 g/mol. The maximum Gasteiger partial charge on any atom is 0.248 e. The predicted octanol–water partition coefficient (Wildman–Crippen LogP) is 4.62. The van der Waals surface area contributed by atoms with Gasteiger partial charge < -0.3 is 5.32 Å². The number of hydrogen-bond acceptors (Lipinski definition) is 5. The van der Waals surface area contributed by atoms with Crippen molar-refractivity contribution in [3.8, 4) is 0 Å². The Labute approximate surface area is 188 Å². The average Bonchev–Trinajstić information content (AvgIpc) is 3.15. The van der Waals surface area contributed by atoms with Crippen molar-refractivity contribution in [3.63, 3.8) is 0 Å². The highest BCUT2D eigenvalue weighted by molar-refractivity contribution is 5.21. The number of hydrogen-bond donors (Lipinski definition) is 1. The number of aryl methyl sites for hydroxylation is 1. The van der Waals surface area contributed by atoms with Crippen LogP contribution >= 0.6 is 0 Å². The molecular weight excluding hydrogens is 412 g/mol. The van der Waals surface area contributed by atoms with E-state index in [1.807, 2.05) is 16.4 Å². The van der Waals surface area contributed by atoms with Crippen molar-refractivity contribution in [2.45, 2.75) is 108 Å². The standard InChI is InChI=1S/C23H35F2N7/c1-16(2)19-17(15-31(3)28-19)14-26-22(12-10-21(8-9-21)11-13-22)20-27-29-30-32(20)18-4-6-23(24,25)7-5-18/h15-16,18,26H,4-14H2,1-3H3. The molecule has 0 bridgehead atoms. The number of nitrogens with zero attached hydrogens (tertiary/aromatic N) is 6. The minimum atomic E-state index is -2.56. The molecule has 176 valence electrons. The van der Waals surface area contributed by atoms with E-state index in [0.29, 0.717) is 30.7 Å². The maximum absolute atomic E-state index is 13.8. The van der Waals surface area contributed by atoms with Gasteiger partial charge in [0.2, 0.25) is 5.92 Å². The number of tetrazole rings is 1. The van der Waals surface area contributed by atoms with Gasteiger partial charge in [-0.25, -0.2) is 13.5 Å². The minimum Gasteiger partial charge on any atom is -0.300 e. The summed E-state index contributed by atoms with van der Waals surface area (Å²) in [6.07, 6.45) is 9.70. The van der Waals surface area contributed by atoms with Crippen LogP contribution in [0.3, 0.4) is 0 Å². The molecule has 2 aromatic rings. The van der Waals surface area contributed by atoms with Gasteiger partial charge >= 0.3 is 0 Å². The van der Waals surface area contributed by atoms with Gasteiger partial charge in [0.15, 0.2) is 5.82 Å². The normalized spacial score (nSPS) is 27.3. The molecule has 2 aromatic heterocycles. The molecule has 1 spiro atoms. The lowest BCUT2D eigenvalue weighted by Gasteiger charge is -2.41. The molecular formula is C23H35F2N7. The zero-order chi connectivity index (χ0) is 22.6. The fourth-order valence-corrected chi connectivity index (χ4v) is 5.83. The van der Waals surface area contributed by atoms with E-state index in [1.165, 1.54) is 31.2 Å². The topological polar surface area (TPSA) is 73.5 Å². The highest BCUT2D eigenvalue weighted by Crippen LogP contribution is 2.59. The summed E-state index contributed by atoms with van der Waals surface area (Å²) in [4.78, 5) is 0. The second-order valence-corrected chi connectivity index (χ2v) is 10.8. The lowest BCUT2D eigenvalue weighted by molar-refractivity contribution is -0.0459. The zero-order valence-electron chi connectivity index (χ0n) is 19.4. The second kappa shape index (κ2) is 7.85. The summed E-state index contributed by atoms with van der Waals surface area (Å²) >= 11 is 0. The van der Waals surface area contributed by atoms with Crippen LogP contribution in [-0.2, 0) is 19.1 Å². The first-order chi connectivity index (χ1) is 15.2. The second-order valence-electron chi connectivity index (χ2n) is 10.8. The van der Waals surface area contributed by atoms with E-state index in [0.717, 1.165) is 24.4 Å². The summed E-state index contributed by atoms with van der Waals surface area (Å²) < 4.78 is 31.3. The van der Waals surface area contributed by atoms with Crippen molar-refractivity contribution in [3.05, 3.63) is 23.3 Å². The molecule has 0 amide bonds. The summed E-state index contributed by atoms with van der Waals surface area (Å²) in [6, 6.07) is -0.0558. The lowest BCUT2D eigenvalue weighted by atomic mass is 9.73. The zero-order valence-corrected chi connectivity index (χ0v) is 19.4. The van der Waals surface area contributed by atoms with Gasteiger partial charge in [0.05, 0.1) is 17.3 Å². The number of rotatable bonds is 6. The van der Waals surface area contributed by atoms with Gasteiger partial charge in [-0.05, 0) is 73.1 Å². The number of nitrogens with one attached hydrogen (secondary N) is 1. The minimum absolute atomic E-state index is 0.0558. The van der Waals surface area contributed by atoms with E-state index < -0.39 is 5.92 Å². The number of halogens is 2. The first kappa shape index (κ1) is 21.9. The molecule has 3 fully saturated rings. The Kier molecular flexibility index (Phi) is 5.38. The van der Waals surface area contributed by atoms with E-state index >= 15 is 0 Å². The maximum atomic E-state index is 13.8. The van der Waals surface area contributed by atoms with Crippen molar-refractivity contribution < 1.29 is 8.78 Å². The smallest absolute Gasteiger partial charge is 0.248 e. The Morgan fingerprint density at radius 1 is 1.06 bits per heavy atom. The molecule has 0 atom stereocenters. The van der Waals surface area contributed by atoms with Crippen LogP contribution in [0, 0.1) is 5.41 Å². The van der Waals surface area contributed by atoms with Gasteiger partial charge in [-0.15, -0.1) is 5.10 Å². The van der Waals surface area contributed by atoms with E-state index in [4.69, 9.17) is 0 Å². The third-order valence-electron chi connectivity index (χ3n) is 8.18. The Balaban J connectivity index is 1.42. The molecule has 3 aliphatic rings. The van der Waals surface area contributed by atoms with Gasteiger partial charge in [-0.3, -0.25) is 4.68 Å². The van der Waals surface area contributed by atoms with Crippen molar-refractivity contribution in [1.82, 2.24) is 35.3 Å².